The Labute approximate surface area is 98.5 Å². The Morgan fingerprint density at radius 1 is 1.00 bits per heavy atom. The summed E-state index contributed by atoms with van der Waals surface area (Å²) < 4.78 is 0. The van der Waals surface area contributed by atoms with E-state index in [4.69, 9.17) is 5.11 Å². The molecule has 2 saturated carbocycles. The van der Waals surface area contributed by atoms with Crippen molar-refractivity contribution in [2.45, 2.75) is 57.1 Å². The molecule has 94 valence electrons. The van der Waals surface area contributed by atoms with Gasteiger partial charge in [-0.3, -0.25) is 4.90 Å². The van der Waals surface area contributed by atoms with E-state index >= 15 is 0 Å². The molecule has 0 aromatic carbocycles. The molecule has 3 heteroatoms. The van der Waals surface area contributed by atoms with E-state index in [1.165, 1.54) is 32.1 Å². The molecular weight excluding hydrogens is 202 g/mol. The molecule has 3 nitrogen and oxygen atoms in total. The van der Waals surface area contributed by atoms with Crippen LogP contribution < -0.4 is 0 Å². The molecule has 2 rings (SSSR count). The van der Waals surface area contributed by atoms with Gasteiger partial charge in [0.2, 0.25) is 0 Å². The first-order chi connectivity index (χ1) is 7.81. The molecule has 2 N–H and O–H groups in total. The number of aliphatic hydroxyl groups excluding tert-OH is 2. The van der Waals surface area contributed by atoms with Crippen LogP contribution in [0.3, 0.4) is 0 Å². The molecule has 0 heterocycles. The summed E-state index contributed by atoms with van der Waals surface area (Å²) in [6, 6.07) is 0.667. The van der Waals surface area contributed by atoms with Crippen molar-refractivity contribution in [2.24, 2.45) is 5.92 Å². The zero-order chi connectivity index (χ0) is 11.4. The van der Waals surface area contributed by atoms with Crippen molar-refractivity contribution in [3.63, 3.8) is 0 Å². The Morgan fingerprint density at radius 3 is 2.31 bits per heavy atom. The molecule has 2 atom stereocenters. The summed E-state index contributed by atoms with van der Waals surface area (Å²) in [5.41, 5.74) is 0. The van der Waals surface area contributed by atoms with Crippen molar-refractivity contribution < 1.29 is 10.2 Å². The van der Waals surface area contributed by atoms with Gasteiger partial charge >= 0.3 is 0 Å². The first-order valence-corrected chi connectivity index (χ1v) is 6.84. The Bertz CT molecular complexity index is 204. The lowest BCUT2D eigenvalue weighted by Crippen LogP contribution is -2.40. The minimum atomic E-state index is -0.0948. The summed E-state index contributed by atoms with van der Waals surface area (Å²) in [4.78, 5) is 2.42. The fourth-order valence-corrected chi connectivity index (χ4v) is 3.35. The predicted octanol–water partition coefficient (Wildman–Crippen LogP) is 1.38. The molecule has 0 aromatic rings. The summed E-state index contributed by atoms with van der Waals surface area (Å²) in [6.07, 6.45) is 8.44. The fourth-order valence-electron chi connectivity index (χ4n) is 3.35. The van der Waals surface area contributed by atoms with Gasteiger partial charge < -0.3 is 10.2 Å². The lowest BCUT2D eigenvalue weighted by atomic mass is 10.0. The van der Waals surface area contributed by atoms with E-state index in [1.807, 2.05) is 0 Å². The normalized spacial score (nSPS) is 31.7. The number of rotatable bonds is 5. The van der Waals surface area contributed by atoms with Crippen LogP contribution in [0.2, 0.25) is 0 Å². The monoisotopic (exact) mass is 227 g/mol. The van der Waals surface area contributed by atoms with Gasteiger partial charge in [-0.2, -0.15) is 0 Å². The first-order valence-electron chi connectivity index (χ1n) is 6.84. The minimum absolute atomic E-state index is 0.0948. The largest absolute Gasteiger partial charge is 0.395 e. The molecule has 0 amide bonds. The molecule has 0 radical (unpaired) electrons. The van der Waals surface area contributed by atoms with Gasteiger partial charge in [-0.05, 0) is 31.6 Å². The van der Waals surface area contributed by atoms with E-state index in [9.17, 15) is 5.11 Å². The molecule has 2 aliphatic rings. The topological polar surface area (TPSA) is 43.7 Å². The smallest absolute Gasteiger partial charge is 0.0580 e. The van der Waals surface area contributed by atoms with Crippen molar-refractivity contribution >= 4 is 0 Å². The molecule has 2 fully saturated rings. The van der Waals surface area contributed by atoms with E-state index in [1.54, 1.807) is 0 Å². The maximum atomic E-state index is 9.86. The van der Waals surface area contributed by atoms with E-state index in [0.29, 0.717) is 12.0 Å². The number of hydrogen-bond donors (Lipinski definition) is 2. The van der Waals surface area contributed by atoms with Gasteiger partial charge in [0.25, 0.3) is 0 Å². The molecule has 16 heavy (non-hydrogen) atoms. The van der Waals surface area contributed by atoms with Crippen LogP contribution >= 0.6 is 0 Å². The standard InChI is InChI=1S/C13H25NO2/c15-9-8-14(12-5-1-2-6-12)10-11-4-3-7-13(11)16/h11-13,15-16H,1-10H2. The summed E-state index contributed by atoms with van der Waals surface area (Å²) in [5, 5.41) is 19.0. The highest BCUT2D eigenvalue weighted by Gasteiger charge is 2.30. The van der Waals surface area contributed by atoms with Crippen LogP contribution in [0.1, 0.15) is 44.9 Å². The summed E-state index contributed by atoms with van der Waals surface area (Å²) in [7, 11) is 0. The quantitative estimate of drug-likeness (QED) is 0.746. The molecule has 2 unspecified atom stereocenters. The van der Waals surface area contributed by atoms with Crippen LogP contribution in [0.5, 0.6) is 0 Å². The van der Waals surface area contributed by atoms with Gasteiger partial charge in [-0.1, -0.05) is 19.3 Å². The SMILES string of the molecule is OCCN(CC1CCCC1O)C1CCCC1. The van der Waals surface area contributed by atoms with Gasteiger partial charge in [-0.25, -0.2) is 0 Å². The van der Waals surface area contributed by atoms with E-state index in [2.05, 4.69) is 4.90 Å². The fraction of sp³-hybridized carbons (Fsp3) is 1.00. The maximum Gasteiger partial charge on any atom is 0.0580 e. The molecule has 0 aromatic heterocycles. The third kappa shape index (κ3) is 2.96. The maximum absolute atomic E-state index is 9.86. The van der Waals surface area contributed by atoms with Gasteiger partial charge in [0.05, 0.1) is 12.7 Å². The second kappa shape index (κ2) is 5.99. The molecule has 0 spiro atoms. The molecule has 0 saturated heterocycles. The minimum Gasteiger partial charge on any atom is -0.395 e. The lowest BCUT2D eigenvalue weighted by Gasteiger charge is -2.31. The summed E-state index contributed by atoms with van der Waals surface area (Å²) in [5.74, 6) is 0.451. The zero-order valence-corrected chi connectivity index (χ0v) is 10.1. The second-order valence-corrected chi connectivity index (χ2v) is 5.42. The highest BCUT2D eigenvalue weighted by molar-refractivity contribution is 4.84. The molecule has 2 aliphatic carbocycles. The number of nitrogens with zero attached hydrogens (tertiary/aromatic N) is 1. The Hall–Kier alpha value is -0.120. The molecule has 0 aliphatic heterocycles. The van der Waals surface area contributed by atoms with Crippen molar-refractivity contribution in [3.05, 3.63) is 0 Å². The summed E-state index contributed by atoms with van der Waals surface area (Å²) in [6.45, 7) is 2.03. The average molecular weight is 227 g/mol. The Kier molecular flexibility index (Phi) is 4.62. The second-order valence-electron chi connectivity index (χ2n) is 5.42. The van der Waals surface area contributed by atoms with Gasteiger partial charge in [0.1, 0.15) is 0 Å². The third-order valence-corrected chi connectivity index (χ3v) is 4.32. The van der Waals surface area contributed by atoms with Gasteiger partial charge in [0, 0.05) is 19.1 Å². The highest BCUT2D eigenvalue weighted by Crippen LogP contribution is 2.29. The van der Waals surface area contributed by atoms with Crippen LogP contribution in [0, 0.1) is 5.92 Å². The van der Waals surface area contributed by atoms with Crippen molar-refractivity contribution in [1.29, 1.82) is 0 Å². The van der Waals surface area contributed by atoms with Crippen molar-refractivity contribution in [2.75, 3.05) is 19.7 Å². The molecule has 0 bridgehead atoms. The van der Waals surface area contributed by atoms with Crippen LogP contribution in [0.25, 0.3) is 0 Å². The van der Waals surface area contributed by atoms with Crippen LogP contribution in [-0.4, -0.2) is 47.0 Å². The van der Waals surface area contributed by atoms with Crippen LogP contribution in [0.15, 0.2) is 0 Å². The highest BCUT2D eigenvalue weighted by atomic mass is 16.3. The lowest BCUT2D eigenvalue weighted by molar-refractivity contribution is 0.0752. The zero-order valence-electron chi connectivity index (χ0n) is 10.1. The van der Waals surface area contributed by atoms with Crippen molar-refractivity contribution in [3.8, 4) is 0 Å². The van der Waals surface area contributed by atoms with E-state index in [-0.39, 0.29) is 12.7 Å². The van der Waals surface area contributed by atoms with E-state index < -0.39 is 0 Å². The third-order valence-electron chi connectivity index (χ3n) is 4.32. The van der Waals surface area contributed by atoms with Crippen molar-refractivity contribution in [1.82, 2.24) is 4.90 Å². The number of hydrogen-bond acceptors (Lipinski definition) is 3. The summed E-state index contributed by atoms with van der Waals surface area (Å²) >= 11 is 0. The van der Waals surface area contributed by atoms with Crippen LogP contribution in [0.4, 0.5) is 0 Å². The predicted molar refractivity (Wildman–Crippen MR) is 64.3 cm³/mol. The van der Waals surface area contributed by atoms with E-state index in [0.717, 1.165) is 25.9 Å². The Morgan fingerprint density at radius 2 is 1.75 bits per heavy atom. The van der Waals surface area contributed by atoms with Gasteiger partial charge in [-0.15, -0.1) is 0 Å². The Balaban J connectivity index is 1.85. The number of aliphatic hydroxyl groups is 2. The average Bonchev–Trinajstić information content (AvgIpc) is 2.90. The molecular formula is C13H25NO2. The van der Waals surface area contributed by atoms with Crippen LogP contribution in [-0.2, 0) is 0 Å². The first kappa shape index (κ1) is 12.3. The van der Waals surface area contributed by atoms with Gasteiger partial charge in [0.15, 0.2) is 0 Å².